The number of carbonyl (C=O) groups excluding carboxylic acids is 6. The standard InChI is InChI=1S/C25H26BrO2S.C22H18BrO3S.C22H20BrO2S.C21H18BrO2S.C20H16BrO2S/c1-3-25(4-2,19-26)24(27)28-20-15-17-23(18-16-20)29(21-11-7-5-8-12-21)22-13-9-6-10-14-22;1-16(24)21(23)22(25)26-17-12-14-20(15-13-17)27(18-8-4-2-5-9-18)19-10-6-3-7-11-19;1-22(2,23)21(24)25-17-10-9-15-20(16-17)26(18-11-5-3-6-12-18)19-13-7-4-8-14-19;1-16(22)21(23)24-17-9-8-14-20(15-17)25(18-10-4-2-5-11-18)19-12-6-3-7-13-19;21-15-20(22)23-16-8-7-13-19(14-16)24(17-9-3-1-4-10-17)18-11-5-2-6-12-18/h5-18H,3-4,19H2,1-2H3;2-15,21H,1H3;3-16H,1-2H3;2-16H,1H3;1-14H,15H2/q5*+1. The Balaban J connectivity index is 0.000000158. The predicted molar refractivity (Wildman–Crippen MR) is 551 cm³/mol. The van der Waals surface area contributed by atoms with Crippen LogP contribution in [-0.4, -0.2) is 60.3 Å². The summed E-state index contributed by atoms with van der Waals surface area (Å²) >= 11 is 16.2. The third-order valence-electron chi connectivity index (χ3n) is 19.6. The van der Waals surface area contributed by atoms with Gasteiger partial charge in [0.05, 0.1) is 59.9 Å². The summed E-state index contributed by atoms with van der Waals surface area (Å²) in [6.07, 6.45) is 1.49. The van der Waals surface area contributed by atoms with Crippen molar-refractivity contribution in [1.82, 2.24) is 0 Å². The first-order valence-corrected chi connectivity index (χ1v) is 53.0. The molecule has 0 saturated carbocycles. The maximum absolute atomic E-state index is 12.7. The van der Waals surface area contributed by atoms with Crippen molar-refractivity contribution in [3.05, 3.63) is 425 Å². The maximum Gasteiger partial charge on any atom is 0.332 e. The van der Waals surface area contributed by atoms with Crippen LogP contribution in [0.5, 0.6) is 28.7 Å². The van der Waals surface area contributed by atoms with Gasteiger partial charge >= 0.3 is 29.8 Å². The molecule has 0 fully saturated rings. The van der Waals surface area contributed by atoms with E-state index in [4.69, 9.17) is 23.7 Å². The van der Waals surface area contributed by atoms with E-state index >= 15 is 0 Å². The molecular formula is C110H98Br5O11S5+5. The monoisotopic (exact) mass is 2150 g/mol. The molecule has 0 radical (unpaired) electrons. The molecule has 11 nitrogen and oxygen atoms in total. The number of ketones is 1. The molecule has 0 aliphatic rings. The van der Waals surface area contributed by atoms with E-state index in [1.807, 2.05) is 202 Å². The second kappa shape index (κ2) is 52.1. The van der Waals surface area contributed by atoms with E-state index in [1.165, 1.54) is 60.8 Å². The number of benzene rings is 15. The summed E-state index contributed by atoms with van der Waals surface area (Å²) in [5.74, 6) is 0.736. The minimum absolute atomic E-state index is 0.169. The van der Waals surface area contributed by atoms with Crippen molar-refractivity contribution >= 4 is 170 Å². The van der Waals surface area contributed by atoms with Crippen molar-refractivity contribution in [2.24, 2.45) is 5.41 Å². The van der Waals surface area contributed by atoms with Gasteiger partial charge in [0, 0.05) is 23.5 Å². The van der Waals surface area contributed by atoms with E-state index in [0.717, 1.165) is 32.4 Å². The van der Waals surface area contributed by atoms with Crippen molar-refractivity contribution in [3.8, 4) is 28.7 Å². The summed E-state index contributed by atoms with van der Waals surface area (Å²) in [5.41, 5.74) is -0.475. The molecule has 15 rings (SSSR count). The number of alkyl halides is 5. The minimum atomic E-state index is -0.944. The molecule has 0 saturated heterocycles. The maximum atomic E-state index is 12.7. The molecule has 0 aliphatic heterocycles. The van der Waals surface area contributed by atoms with Crippen molar-refractivity contribution in [3.63, 3.8) is 0 Å². The van der Waals surface area contributed by atoms with Gasteiger partial charge in [0.1, 0.15) is 43.2 Å². The fourth-order valence-corrected chi connectivity index (χ4v) is 24.7. The third kappa shape index (κ3) is 30.0. The molecule has 21 heteroatoms. The van der Waals surface area contributed by atoms with Gasteiger partial charge in [0.15, 0.2) is 84.0 Å². The molecule has 0 aliphatic carbocycles. The highest BCUT2D eigenvalue weighted by Gasteiger charge is 2.38. The zero-order chi connectivity index (χ0) is 92.9. The van der Waals surface area contributed by atoms with Gasteiger partial charge in [-0.3, -0.25) is 24.0 Å². The van der Waals surface area contributed by atoms with Crippen LogP contribution in [0.15, 0.2) is 498 Å². The summed E-state index contributed by atoms with van der Waals surface area (Å²) in [7, 11) is -1.22. The van der Waals surface area contributed by atoms with E-state index in [-0.39, 0.29) is 94.3 Å². The highest BCUT2D eigenvalue weighted by atomic mass is 79.9. The lowest BCUT2D eigenvalue weighted by molar-refractivity contribution is -0.145. The van der Waals surface area contributed by atoms with Crippen molar-refractivity contribution in [1.29, 1.82) is 0 Å². The quantitative estimate of drug-likeness (QED) is 0.0145. The second-order valence-corrected chi connectivity index (χ2v) is 45.0. The van der Waals surface area contributed by atoms with E-state index in [0.29, 0.717) is 34.1 Å². The summed E-state index contributed by atoms with van der Waals surface area (Å²) in [4.78, 5) is 88.2. The molecule has 0 bridgehead atoms. The van der Waals surface area contributed by atoms with Gasteiger partial charge in [-0.05, 0) is 247 Å². The predicted octanol–water partition coefficient (Wildman–Crippen LogP) is 28.3. The smallest absolute Gasteiger partial charge is 0.332 e. The Morgan fingerprint density at radius 2 is 0.504 bits per heavy atom. The molecule has 0 aromatic heterocycles. The Bertz CT molecular complexity index is 5860. The molecule has 0 N–H and O–H groups in total. The number of halogens is 5. The molecule has 664 valence electrons. The van der Waals surface area contributed by atoms with Gasteiger partial charge in [-0.15, -0.1) is 0 Å². The Morgan fingerprint density at radius 1 is 0.282 bits per heavy atom. The van der Waals surface area contributed by atoms with Crippen LogP contribution in [0.4, 0.5) is 0 Å². The first kappa shape index (κ1) is 101. The average molecular weight is 2160 g/mol. The zero-order valence-corrected chi connectivity index (χ0v) is 84.8. The molecule has 2 unspecified atom stereocenters. The molecule has 15 aromatic rings. The average Bonchev–Trinajstić information content (AvgIpc) is 0.945. The van der Waals surface area contributed by atoms with Crippen LogP contribution in [0.3, 0.4) is 0 Å². The number of hydrogen-bond donors (Lipinski definition) is 0. The first-order valence-electron chi connectivity index (χ1n) is 42.0. The van der Waals surface area contributed by atoms with E-state index in [2.05, 4.69) is 304 Å². The van der Waals surface area contributed by atoms with Crippen LogP contribution in [0.1, 0.15) is 54.4 Å². The lowest BCUT2D eigenvalue weighted by Gasteiger charge is -2.26. The molecule has 2 atom stereocenters. The summed E-state index contributed by atoms with van der Waals surface area (Å²) in [5, 5.41) is 0.787. The van der Waals surface area contributed by atoms with Crippen LogP contribution in [0, 0.1) is 5.41 Å². The SMILES string of the molecule is CC(=O)C(Br)C(=O)Oc1ccc([S+](c2ccccc2)c2ccccc2)cc1.CC(Br)C(=O)Oc1cccc([S+](c2ccccc2)c2ccccc2)c1.CC(C)(Br)C(=O)Oc1cccc([S+](c2ccccc2)c2ccccc2)c1.CCC(CC)(CBr)C(=O)Oc1ccc([S+](c2ccccc2)c2ccccc2)cc1.O=C(CBr)Oc1cccc([S+](c2ccccc2)c2ccccc2)c1. The Hall–Kier alpha value is -10.5. The van der Waals surface area contributed by atoms with Crippen LogP contribution in [0.25, 0.3) is 0 Å². The minimum Gasteiger partial charge on any atom is -0.426 e. The topological polar surface area (TPSA) is 149 Å². The normalized spacial score (nSPS) is 11.5. The Morgan fingerprint density at radius 3 is 0.740 bits per heavy atom. The zero-order valence-electron chi connectivity index (χ0n) is 72.8. The van der Waals surface area contributed by atoms with Gasteiger partial charge in [-0.25, -0.2) is 4.79 Å². The van der Waals surface area contributed by atoms with Crippen LogP contribution < -0.4 is 23.7 Å². The number of Topliss-reactive ketones (excluding diaryl/α,β-unsaturated/α-hetero) is 1. The lowest BCUT2D eigenvalue weighted by Crippen LogP contribution is -2.35. The van der Waals surface area contributed by atoms with Gasteiger partial charge in [0.2, 0.25) is 0 Å². The van der Waals surface area contributed by atoms with E-state index in [1.54, 1.807) is 32.9 Å². The number of ether oxygens (including phenoxy) is 5. The lowest BCUT2D eigenvalue weighted by atomic mass is 9.85. The largest absolute Gasteiger partial charge is 0.426 e. The van der Waals surface area contributed by atoms with E-state index in [9.17, 15) is 28.8 Å². The number of hydrogen-bond acceptors (Lipinski definition) is 11. The van der Waals surface area contributed by atoms with Crippen molar-refractivity contribution < 1.29 is 52.5 Å². The van der Waals surface area contributed by atoms with Crippen LogP contribution in [-0.2, 0) is 83.2 Å². The van der Waals surface area contributed by atoms with Gasteiger partial charge < -0.3 is 23.7 Å². The van der Waals surface area contributed by atoms with Crippen molar-refractivity contribution in [2.75, 3.05) is 10.7 Å². The fraction of sp³-hybridized carbons (Fsp3) is 0.127. The molecule has 0 spiro atoms. The highest BCUT2D eigenvalue weighted by Crippen LogP contribution is 2.40. The summed E-state index contributed by atoms with van der Waals surface area (Å²) < 4.78 is 26.7. The fourth-order valence-electron chi connectivity index (χ4n) is 12.8. The molecule has 15 aromatic carbocycles. The summed E-state index contributed by atoms with van der Waals surface area (Å²) in [6, 6.07) is 143. The number of rotatable bonds is 29. The molecule has 131 heavy (non-hydrogen) atoms. The molecular weight excluding hydrogens is 2060 g/mol. The van der Waals surface area contributed by atoms with Crippen LogP contribution in [0.2, 0.25) is 0 Å². The third-order valence-corrected chi connectivity index (χ3v) is 34.0. The van der Waals surface area contributed by atoms with Gasteiger partial charge in [0.25, 0.3) is 0 Å². The van der Waals surface area contributed by atoms with Gasteiger partial charge in [-0.1, -0.05) is 294 Å². The number of carbonyl (C=O) groups is 6. The Labute approximate surface area is 825 Å². The van der Waals surface area contributed by atoms with Crippen LogP contribution >= 0.6 is 79.6 Å². The van der Waals surface area contributed by atoms with Gasteiger partial charge in [-0.2, -0.15) is 0 Å². The molecule has 0 heterocycles. The highest BCUT2D eigenvalue weighted by molar-refractivity contribution is 9.10. The summed E-state index contributed by atoms with van der Waals surface area (Å²) in [6.45, 7) is 10.7. The second-order valence-electron chi connectivity index (χ2n) is 29.4. The van der Waals surface area contributed by atoms with E-state index < -0.39 is 20.5 Å². The Kier molecular flexibility index (Phi) is 40.1. The number of esters is 5. The first-order chi connectivity index (χ1) is 63.6. The molecule has 0 amide bonds. The van der Waals surface area contributed by atoms with Crippen molar-refractivity contribution in [2.45, 2.75) is 142 Å².